The van der Waals surface area contributed by atoms with E-state index in [1.807, 2.05) is 13.8 Å². The fourth-order valence-electron chi connectivity index (χ4n) is 8.31. The van der Waals surface area contributed by atoms with Crippen LogP contribution in [0.5, 0.6) is 0 Å². The van der Waals surface area contributed by atoms with Crippen molar-refractivity contribution < 1.29 is 48.1 Å². The number of thiazole rings is 6. The molecule has 4 atom stereocenters. The summed E-state index contributed by atoms with van der Waals surface area (Å²) >= 11 is 7.13. The van der Waals surface area contributed by atoms with Crippen molar-refractivity contribution in [2.24, 2.45) is 5.92 Å². The van der Waals surface area contributed by atoms with Gasteiger partial charge in [-0.15, -0.1) is 68.0 Å². The molecule has 0 spiro atoms. The third-order valence-electron chi connectivity index (χ3n) is 12.4. The highest BCUT2D eigenvalue weighted by atomic mass is 32.1. The maximum atomic E-state index is 14.3. The number of esters is 1. The number of methoxy groups -OCH3 is 1. The Morgan fingerprint density at radius 2 is 1.45 bits per heavy atom. The lowest BCUT2D eigenvalue weighted by molar-refractivity contribution is -0.143. The summed E-state index contributed by atoms with van der Waals surface area (Å²) in [5.41, 5.74) is 2.64. The average Bonchev–Trinajstić information content (AvgIpc) is 4.26. The number of fused-ring (bicyclic) bond motifs is 14. The van der Waals surface area contributed by atoms with Crippen molar-refractivity contribution in [3.05, 3.63) is 111 Å². The summed E-state index contributed by atoms with van der Waals surface area (Å²) in [7, 11) is 2.94. The van der Waals surface area contributed by atoms with Crippen molar-refractivity contribution in [2.75, 3.05) is 39.2 Å². The standard InChI is InChI=1S/C53H54N14O10S6/c1-7-77-37(70)15-16-55-53(75)63-34-23-81-48(62-34)28-14-13-27-40(57-28)30-20-79-49(59-30)32-22-80-51(61-32)42(43(71)26-11-9-8-10-12-26)64-36(69)18-56-45(73)41-33(19-76-6)83-52(67-41)38(24(2)3)65-46(74)39-25(4)82-50(66-39)29(17-35(68)54-5)58-44(72)31-21-78-47(27)60-31/h8-14,20-24,29,38,42-43,71H,7,15-19H2,1-6H3,(H,54,68)(H,56,73)(H,58,72)(H,64,69)(H,65,74)(H2,55,63,75)/t29-,38-,42-,43-/m0/s1. The zero-order chi connectivity index (χ0) is 58.9. The summed E-state index contributed by atoms with van der Waals surface area (Å²) in [6.45, 7) is 6.92. The molecule has 1 aromatic carbocycles. The summed E-state index contributed by atoms with van der Waals surface area (Å²) in [6, 6.07) is 8.86. The summed E-state index contributed by atoms with van der Waals surface area (Å²) < 4.78 is 10.4. The van der Waals surface area contributed by atoms with E-state index in [1.54, 1.807) is 77.8 Å². The number of aromatic nitrogens is 7. The first kappa shape index (κ1) is 59.8. The van der Waals surface area contributed by atoms with Crippen LogP contribution in [-0.4, -0.2) is 115 Å². The molecule has 0 saturated heterocycles. The molecule has 1 aliphatic heterocycles. The van der Waals surface area contributed by atoms with Gasteiger partial charge >= 0.3 is 12.0 Å². The highest BCUT2D eigenvalue weighted by Gasteiger charge is 2.33. The number of amides is 7. The van der Waals surface area contributed by atoms with Gasteiger partial charge in [0.05, 0.1) is 55.3 Å². The number of aryl methyl sites for hydroxylation is 1. The van der Waals surface area contributed by atoms with Crippen molar-refractivity contribution in [1.82, 2.24) is 66.8 Å². The van der Waals surface area contributed by atoms with Gasteiger partial charge in [-0.05, 0) is 37.5 Å². The van der Waals surface area contributed by atoms with E-state index in [4.69, 9.17) is 29.4 Å². The van der Waals surface area contributed by atoms with E-state index in [2.05, 4.69) is 52.2 Å². The third kappa shape index (κ3) is 14.3. The van der Waals surface area contributed by atoms with Crippen LogP contribution < -0.4 is 37.2 Å². The molecule has 1 aliphatic rings. The van der Waals surface area contributed by atoms with Crippen LogP contribution in [0.1, 0.15) is 120 Å². The molecule has 0 radical (unpaired) electrons. The first-order valence-electron chi connectivity index (χ1n) is 25.6. The molecule has 0 aliphatic carbocycles. The average molecular weight is 1240 g/mol. The van der Waals surface area contributed by atoms with Gasteiger partial charge in [0.1, 0.15) is 82.2 Å². The quantitative estimate of drug-likeness (QED) is 0.0522. The van der Waals surface area contributed by atoms with Crippen LogP contribution in [0, 0.1) is 12.8 Å². The third-order valence-corrected chi connectivity index (χ3v) is 18.1. The van der Waals surface area contributed by atoms with Gasteiger partial charge < -0.3 is 46.5 Å². The molecule has 9 rings (SSSR count). The van der Waals surface area contributed by atoms with Crippen LogP contribution in [0.15, 0.2) is 64.0 Å². The minimum absolute atomic E-state index is 0.000147. The molecule has 8 aromatic rings. The first-order valence-corrected chi connectivity index (χ1v) is 30.8. The van der Waals surface area contributed by atoms with Crippen LogP contribution in [-0.2, 0) is 30.5 Å². The number of hydrogen-bond donors (Lipinski definition) is 8. The van der Waals surface area contributed by atoms with E-state index in [9.17, 15) is 38.7 Å². The largest absolute Gasteiger partial charge is 0.466 e. The van der Waals surface area contributed by atoms with E-state index in [0.717, 1.165) is 11.3 Å². The Hall–Kier alpha value is -7.84. The van der Waals surface area contributed by atoms with Gasteiger partial charge in [0.25, 0.3) is 17.7 Å². The Balaban J connectivity index is 1.10. The maximum Gasteiger partial charge on any atom is 0.320 e. The molecule has 10 bridgehead atoms. The number of urea groups is 1. The predicted molar refractivity (Wildman–Crippen MR) is 315 cm³/mol. The maximum absolute atomic E-state index is 14.3. The summed E-state index contributed by atoms with van der Waals surface area (Å²) in [5.74, 6) is -3.36. The Bertz CT molecular complexity index is 3680. The lowest BCUT2D eigenvalue weighted by Crippen LogP contribution is -2.40. The molecule has 83 heavy (non-hydrogen) atoms. The monoisotopic (exact) mass is 1240 g/mol. The van der Waals surface area contributed by atoms with Gasteiger partial charge in [-0.2, -0.15) is 0 Å². The molecule has 0 fully saturated rings. The molecule has 8 N–H and O–H groups in total. The lowest BCUT2D eigenvalue weighted by atomic mass is 10.0. The number of carbonyl (C=O) groups excluding carboxylic acids is 7. The highest BCUT2D eigenvalue weighted by Crippen LogP contribution is 2.40. The molecule has 7 amide bonds. The molecule has 7 aromatic heterocycles. The van der Waals surface area contributed by atoms with Crippen molar-refractivity contribution in [1.29, 1.82) is 0 Å². The molecule has 432 valence electrons. The van der Waals surface area contributed by atoms with Crippen LogP contribution in [0.25, 0.3) is 43.4 Å². The number of ether oxygens (including phenoxy) is 2. The Labute approximate surface area is 498 Å². The Morgan fingerprint density at radius 1 is 0.723 bits per heavy atom. The molecule has 0 saturated carbocycles. The number of nitrogens with zero attached hydrogens (tertiary/aromatic N) is 7. The predicted octanol–water partition coefficient (Wildman–Crippen LogP) is 7.39. The van der Waals surface area contributed by atoms with Crippen molar-refractivity contribution in [3.63, 3.8) is 0 Å². The van der Waals surface area contributed by atoms with Gasteiger partial charge in [-0.25, -0.2) is 39.7 Å². The SMILES string of the molecule is CCOC(=O)CCNC(=O)Nc1csc(-c2ccc3c(n2)-c2csc(n2)-c2csc(n2)[C@H]([C@@H](O)c2ccccc2)NC(=O)CNC(=O)c2nc(sc2COC)[C@H](C(C)C)NC(=O)c2nc(sc2C)[C@H](CC(=O)NC)NC(=O)c2csc-3n2)n1. The first-order chi connectivity index (χ1) is 40.0. The molecule has 30 heteroatoms. The zero-order valence-electron chi connectivity index (χ0n) is 45.2. The number of aliphatic hydroxyl groups is 1. The second kappa shape index (κ2) is 27.0. The number of hydrogen-bond acceptors (Lipinski definition) is 23. The van der Waals surface area contributed by atoms with E-state index >= 15 is 0 Å². The minimum Gasteiger partial charge on any atom is -0.466 e. The molecular formula is C53H54N14O10S6. The van der Waals surface area contributed by atoms with Gasteiger partial charge in [-0.1, -0.05) is 44.2 Å². The second-order valence-corrected chi connectivity index (χ2v) is 24.4. The van der Waals surface area contributed by atoms with Crippen molar-refractivity contribution in [2.45, 2.75) is 71.4 Å². The zero-order valence-corrected chi connectivity index (χ0v) is 50.1. The van der Waals surface area contributed by atoms with Crippen LogP contribution >= 0.6 is 68.0 Å². The topological polar surface area (TPSA) is 333 Å². The van der Waals surface area contributed by atoms with Crippen LogP contribution in [0.3, 0.4) is 0 Å². The van der Waals surface area contributed by atoms with Gasteiger partial charge in [0, 0.05) is 52.7 Å². The smallest absolute Gasteiger partial charge is 0.320 e. The summed E-state index contributed by atoms with van der Waals surface area (Å²) in [5, 5.41) is 40.3. The normalized spacial score (nSPS) is 16.2. The number of pyridine rings is 1. The van der Waals surface area contributed by atoms with Gasteiger partial charge in [0.2, 0.25) is 11.8 Å². The van der Waals surface area contributed by atoms with Gasteiger partial charge in [0.15, 0.2) is 0 Å². The summed E-state index contributed by atoms with van der Waals surface area (Å²) in [4.78, 5) is 129. The van der Waals surface area contributed by atoms with Gasteiger partial charge in [-0.3, -0.25) is 34.1 Å². The molecular weight excluding hydrogens is 1190 g/mol. The van der Waals surface area contributed by atoms with E-state index < -0.39 is 72.3 Å². The van der Waals surface area contributed by atoms with Crippen molar-refractivity contribution >= 4 is 115 Å². The van der Waals surface area contributed by atoms with E-state index in [0.29, 0.717) is 68.7 Å². The number of carbonyl (C=O) groups is 7. The minimum atomic E-state index is -1.28. The fraction of sp³-hybridized carbons (Fsp3) is 0.321. The number of rotatable bonds is 13. The number of nitrogens with one attached hydrogen (secondary N) is 7. The fourth-order valence-corrected chi connectivity index (χ4v) is 13.8. The van der Waals surface area contributed by atoms with Crippen LogP contribution in [0.4, 0.5) is 10.6 Å². The second-order valence-electron chi connectivity index (χ2n) is 18.6. The van der Waals surface area contributed by atoms with E-state index in [1.165, 1.54) is 70.8 Å². The molecule has 24 nitrogen and oxygen atoms in total. The Morgan fingerprint density at radius 3 is 2.20 bits per heavy atom. The molecule has 8 heterocycles. The highest BCUT2D eigenvalue weighted by molar-refractivity contribution is 7.15. The van der Waals surface area contributed by atoms with Crippen molar-refractivity contribution in [3.8, 4) is 43.4 Å². The number of aliphatic hydroxyl groups excluding tert-OH is 1. The lowest BCUT2D eigenvalue weighted by Gasteiger charge is -2.23. The Kier molecular flexibility index (Phi) is 19.5. The van der Waals surface area contributed by atoms with Crippen LogP contribution in [0.2, 0.25) is 0 Å². The van der Waals surface area contributed by atoms with E-state index in [-0.39, 0.29) is 66.4 Å². The number of anilines is 1. The summed E-state index contributed by atoms with van der Waals surface area (Å²) in [6.07, 6.45) is -1.51. The number of benzene rings is 1. The molecule has 0 unspecified atom stereocenters.